The average Bonchev–Trinajstić information content (AvgIpc) is 3.84. The second-order valence-corrected chi connectivity index (χ2v) is 15.0. The fraction of sp³-hybridized carbons (Fsp3) is 0.0769. The quantitative estimate of drug-likeness (QED) is 0.160. The van der Waals surface area contributed by atoms with Gasteiger partial charge in [0, 0.05) is 50.3 Å². The van der Waals surface area contributed by atoms with Crippen molar-refractivity contribution in [1.82, 2.24) is 0 Å². The van der Waals surface area contributed by atoms with Crippen LogP contribution in [0.2, 0.25) is 0 Å². The van der Waals surface area contributed by atoms with E-state index in [1.54, 1.807) is 0 Å². The van der Waals surface area contributed by atoms with Crippen molar-refractivity contribution in [3.8, 4) is 0 Å². The van der Waals surface area contributed by atoms with E-state index in [9.17, 15) is 0 Å². The molecule has 0 saturated heterocycles. The third-order valence-corrected chi connectivity index (χ3v) is 11.9. The van der Waals surface area contributed by atoms with E-state index in [-0.39, 0.29) is 0 Å². The van der Waals surface area contributed by atoms with Crippen LogP contribution in [0, 0.1) is 0 Å². The van der Waals surface area contributed by atoms with E-state index >= 15 is 0 Å². The van der Waals surface area contributed by atoms with Crippen LogP contribution in [0.5, 0.6) is 0 Å². The molecular formula is C52H36N2O2. The van der Waals surface area contributed by atoms with Crippen molar-refractivity contribution in [3.05, 3.63) is 181 Å². The van der Waals surface area contributed by atoms with Crippen molar-refractivity contribution in [2.75, 3.05) is 9.80 Å². The summed E-state index contributed by atoms with van der Waals surface area (Å²) in [7, 11) is 0. The number of hydrogen-bond donors (Lipinski definition) is 0. The lowest BCUT2D eigenvalue weighted by Crippen LogP contribution is -2.18. The Kier molecular flexibility index (Phi) is 6.85. The highest BCUT2D eigenvalue weighted by atomic mass is 16.3. The largest absolute Gasteiger partial charge is 0.458 e. The van der Waals surface area contributed by atoms with Gasteiger partial charge in [-0.25, -0.2) is 0 Å². The summed E-state index contributed by atoms with van der Waals surface area (Å²) in [6.07, 6.45) is 15.0. The molecule has 0 unspecified atom stereocenters. The number of benzene rings is 8. The van der Waals surface area contributed by atoms with Crippen molar-refractivity contribution in [2.45, 2.75) is 25.7 Å². The van der Waals surface area contributed by atoms with Crippen LogP contribution < -0.4 is 9.80 Å². The Morgan fingerprint density at radius 3 is 1.86 bits per heavy atom. The van der Waals surface area contributed by atoms with Crippen LogP contribution in [0.3, 0.4) is 0 Å². The van der Waals surface area contributed by atoms with Crippen molar-refractivity contribution in [1.29, 1.82) is 0 Å². The normalized spacial score (nSPS) is 14.1. The van der Waals surface area contributed by atoms with Crippen LogP contribution in [0.15, 0.2) is 178 Å². The van der Waals surface area contributed by atoms with E-state index in [4.69, 9.17) is 8.83 Å². The number of fused-ring (bicyclic) bond motifs is 6. The number of furan rings is 2. The molecular weight excluding hydrogens is 685 g/mol. The molecule has 56 heavy (non-hydrogen) atoms. The minimum Gasteiger partial charge on any atom is -0.458 e. The predicted molar refractivity (Wildman–Crippen MR) is 234 cm³/mol. The van der Waals surface area contributed by atoms with Crippen LogP contribution in [-0.2, 0) is 6.42 Å². The molecule has 12 rings (SSSR count). The molecule has 0 radical (unpaired) electrons. The van der Waals surface area contributed by atoms with E-state index < -0.39 is 0 Å². The molecule has 0 fully saturated rings. The van der Waals surface area contributed by atoms with Crippen molar-refractivity contribution in [2.24, 2.45) is 0 Å². The Hall–Kier alpha value is -7.04. The molecule has 0 aliphatic heterocycles. The Morgan fingerprint density at radius 2 is 1.09 bits per heavy atom. The van der Waals surface area contributed by atoms with Gasteiger partial charge in [-0.15, -0.1) is 0 Å². The predicted octanol–water partition coefficient (Wildman–Crippen LogP) is 15.0. The zero-order valence-corrected chi connectivity index (χ0v) is 30.7. The lowest BCUT2D eigenvalue weighted by Gasteiger charge is -2.31. The first-order valence-corrected chi connectivity index (χ1v) is 19.6. The molecule has 0 spiro atoms. The van der Waals surface area contributed by atoms with Gasteiger partial charge >= 0.3 is 0 Å². The molecule has 2 aromatic heterocycles. The van der Waals surface area contributed by atoms with Crippen LogP contribution >= 0.6 is 0 Å². The third kappa shape index (κ3) is 4.59. The summed E-state index contributed by atoms with van der Waals surface area (Å²) in [5.74, 6) is 1.07. The molecule has 0 saturated carbocycles. The Morgan fingerprint density at radius 1 is 0.446 bits per heavy atom. The molecule has 2 aliphatic carbocycles. The number of anilines is 5. The van der Waals surface area contributed by atoms with Crippen LogP contribution in [0.4, 0.5) is 28.4 Å². The van der Waals surface area contributed by atoms with E-state index in [1.165, 1.54) is 43.6 Å². The van der Waals surface area contributed by atoms with Crippen LogP contribution in [-0.4, -0.2) is 0 Å². The molecule has 266 valence electrons. The van der Waals surface area contributed by atoms with Crippen LogP contribution in [0.25, 0.3) is 71.3 Å². The summed E-state index contributed by atoms with van der Waals surface area (Å²) in [6.45, 7) is 0. The van der Waals surface area contributed by atoms with Gasteiger partial charge in [0.15, 0.2) is 11.2 Å². The zero-order valence-electron chi connectivity index (χ0n) is 30.7. The molecule has 10 aromatic rings. The second-order valence-electron chi connectivity index (χ2n) is 15.0. The molecule has 0 atom stereocenters. The zero-order chi connectivity index (χ0) is 36.7. The van der Waals surface area contributed by atoms with Crippen molar-refractivity contribution < 1.29 is 8.83 Å². The molecule has 8 aromatic carbocycles. The standard InChI is InChI=1S/C52H36N2O2/c1-3-13-35(14-4-1)53(45-21-11-19-39-37-17-7-9-23-47(37)55-51(39)45)43-31-27-33-26-30-42-44(32-28-34-25-29-41(43)49(33)50(34)42)54(36-15-5-2-6-16-36)46-22-12-20-40-38-18-8-10-24-48(38)56-52(40)46/h1-5,7-8,10-15,17-22,24-32H,6,9,16,23H2. The lowest BCUT2D eigenvalue weighted by molar-refractivity contribution is 0.546. The monoisotopic (exact) mass is 720 g/mol. The van der Waals surface area contributed by atoms with Gasteiger partial charge in [-0.05, 0) is 89.3 Å². The minimum atomic E-state index is 0.903. The SMILES string of the molecule is C1=CCCC(N(c2ccc3ccc4c(N(c5ccccc5)c5cccc6c7c(oc56)CCC=C7)ccc5ccc2c3c54)c2cccc3c2oc2ccccc23)=C1. The van der Waals surface area contributed by atoms with E-state index in [0.717, 1.165) is 92.8 Å². The summed E-state index contributed by atoms with van der Waals surface area (Å²) < 4.78 is 13.4. The molecule has 0 N–H and O–H groups in total. The molecule has 0 amide bonds. The van der Waals surface area contributed by atoms with Gasteiger partial charge in [0.25, 0.3) is 0 Å². The highest BCUT2D eigenvalue weighted by Crippen LogP contribution is 2.50. The highest BCUT2D eigenvalue weighted by molar-refractivity contribution is 6.28. The number of nitrogens with zero attached hydrogens (tertiary/aromatic N) is 2. The summed E-state index contributed by atoms with van der Waals surface area (Å²) in [6, 6.07) is 50.6. The van der Waals surface area contributed by atoms with Gasteiger partial charge in [0.05, 0.1) is 22.7 Å². The second kappa shape index (κ2) is 12.2. The summed E-state index contributed by atoms with van der Waals surface area (Å²) in [4.78, 5) is 4.84. The molecule has 4 heteroatoms. The Labute approximate surface area is 323 Å². The fourth-order valence-electron chi connectivity index (χ4n) is 9.40. The smallest absolute Gasteiger partial charge is 0.159 e. The van der Waals surface area contributed by atoms with Crippen LogP contribution in [0.1, 0.15) is 30.6 Å². The fourth-order valence-corrected chi connectivity index (χ4v) is 9.40. The van der Waals surface area contributed by atoms with Crippen molar-refractivity contribution >= 4 is 99.7 Å². The first kappa shape index (κ1) is 31.3. The van der Waals surface area contributed by atoms with Gasteiger partial charge in [-0.1, -0.05) is 121 Å². The molecule has 2 aliphatic rings. The van der Waals surface area contributed by atoms with Gasteiger partial charge in [0.2, 0.25) is 0 Å². The highest BCUT2D eigenvalue weighted by Gasteiger charge is 2.26. The number of rotatable bonds is 6. The third-order valence-electron chi connectivity index (χ3n) is 11.9. The number of para-hydroxylation sites is 4. The van der Waals surface area contributed by atoms with E-state index in [2.05, 4.69) is 174 Å². The summed E-state index contributed by atoms with van der Waals surface area (Å²) >= 11 is 0. The van der Waals surface area contributed by atoms with Gasteiger partial charge < -0.3 is 18.6 Å². The maximum atomic E-state index is 6.75. The number of aryl methyl sites for hydroxylation is 1. The minimum absolute atomic E-state index is 0.903. The number of hydrogen-bond acceptors (Lipinski definition) is 4. The maximum Gasteiger partial charge on any atom is 0.159 e. The average molecular weight is 721 g/mol. The lowest BCUT2D eigenvalue weighted by atomic mass is 9.91. The molecule has 4 nitrogen and oxygen atoms in total. The van der Waals surface area contributed by atoms with Crippen molar-refractivity contribution in [3.63, 3.8) is 0 Å². The first-order valence-electron chi connectivity index (χ1n) is 19.6. The maximum absolute atomic E-state index is 6.75. The summed E-state index contributed by atoms with van der Waals surface area (Å²) in [5, 5.41) is 10.8. The van der Waals surface area contributed by atoms with Gasteiger partial charge in [-0.3, -0.25) is 0 Å². The number of allylic oxidation sites excluding steroid dienone is 5. The molecule has 0 bridgehead atoms. The Balaban J connectivity index is 1.12. The van der Waals surface area contributed by atoms with E-state index in [0.29, 0.717) is 0 Å². The summed E-state index contributed by atoms with van der Waals surface area (Å²) in [5.41, 5.74) is 10.6. The van der Waals surface area contributed by atoms with Gasteiger partial charge in [0.1, 0.15) is 11.3 Å². The Bertz CT molecular complexity index is 3270. The topological polar surface area (TPSA) is 32.8 Å². The molecule has 2 heterocycles. The van der Waals surface area contributed by atoms with E-state index in [1.807, 2.05) is 6.07 Å². The van der Waals surface area contributed by atoms with Gasteiger partial charge in [-0.2, -0.15) is 0 Å². The first-order chi connectivity index (χ1) is 27.8.